The molecule has 0 aromatic heterocycles. The maximum absolute atomic E-state index is 13.8. The van der Waals surface area contributed by atoms with E-state index in [1.807, 2.05) is 0 Å². The normalized spacial score (nSPS) is 17.4. The number of alkyl halides is 3. The van der Waals surface area contributed by atoms with Gasteiger partial charge in [0.1, 0.15) is 5.82 Å². The zero-order chi connectivity index (χ0) is 14.2. The fourth-order valence-corrected chi connectivity index (χ4v) is 2.30. The fraction of sp³-hybridized carbons (Fsp3) is 0.538. The van der Waals surface area contributed by atoms with Gasteiger partial charge in [-0.3, -0.25) is 0 Å². The third-order valence-electron chi connectivity index (χ3n) is 3.56. The lowest BCUT2D eigenvalue weighted by Crippen LogP contribution is -2.40. The maximum Gasteiger partial charge on any atom is 0.416 e. The summed E-state index contributed by atoms with van der Waals surface area (Å²) < 4.78 is 51.2. The average molecular weight is 276 g/mol. The number of nitrogens with zero attached hydrogens (tertiary/aromatic N) is 1. The van der Waals surface area contributed by atoms with Gasteiger partial charge in [0.05, 0.1) is 11.3 Å². The van der Waals surface area contributed by atoms with Crippen molar-refractivity contribution in [3.8, 4) is 0 Å². The molecule has 0 heterocycles. The van der Waals surface area contributed by atoms with Gasteiger partial charge in [-0.25, -0.2) is 4.39 Å². The first-order valence-corrected chi connectivity index (χ1v) is 6.14. The highest BCUT2D eigenvalue weighted by atomic mass is 19.4. The van der Waals surface area contributed by atoms with Crippen LogP contribution in [-0.2, 0) is 6.18 Å². The van der Waals surface area contributed by atoms with Crippen molar-refractivity contribution in [2.45, 2.75) is 25.1 Å². The molecule has 1 aromatic rings. The molecule has 1 saturated carbocycles. The van der Waals surface area contributed by atoms with Gasteiger partial charge >= 0.3 is 6.18 Å². The minimum absolute atomic E-state index is 0.0220. The molecular formula is C13H16F4N2. The van der Waals surface area contributed by atoms with E-state index in [1.54, 1.807) is 11.9 Å². The van der Waals surface area contributed by atoms with Gasteiger partial charge in [0.2, 0.25) is 0 Å². The third-order valence-corrected chi connectivity index (χ3v) is 3.56. The van der Waals surface area contributed by atoms with Crippen LogP contribution >= 0.6 is 0 Å². The topological polar surface area (TPSA) is 29.3 Å². The highest BCUT2D eigenvalue weighted by Gasteiger charge is 2.35. The zero-order valence-electron chi connectivity index (χ0n) is 10.5. The molecule has 2 rings (SSSR count). The van der Waals surface area contributed by atoms with Crippen molar-refractivity contribution < 1.29 is 17.6 Å². The molecule has 1 aliphatic carbocycles. The Bertz CT molecular complexity index is 454. The van der Waals surface area contributed by atoms with Crippen molar-refractivity contribution >= 4 is 5.69 Å². The van der Waals surface area contributed by atoms with E-state index < -0.39 is 17.6 Å². The Morgan fingerprint density at radius 2 is 2.00 bits per heavy atom. The fourth-order valence-electron chi connectivity index (χ4n) is 2.30. The Labute approximate surface area is 109 Å². The molecule has 1 unspecified atom stereocenters. The maximum atomic E-state index is 13.8. The van der Waals surface area contributed by atoms with Crippen molar-refractivity contribution in [2.24, 2.45) is 11.7 Å². The van der Waals surface area contributed by atoms with E-state index in [-0.39, 0.29) is 11.7 Å². The summed E-state index contributed by atoms with van der Waals surface area (Å²) in [4.78, 5) is 1.65. The quantitative estimate of drug-likeness (QED) is 0.857. The number of halogens is 4. The lowest BCUT2D eigenvalue weighted by Gasteiger charge is -2.29. The minimum atomic E-state index is -4.53. The van der Waals surface area contributed by atoms with Gasteiger partial charge in [0.25, 0.3) is 0 Å². The van der Waals surface area contributed by atoms with E-state index in [2.05, 4.69) is 0 Å². The van der Waals surface area contributed by atoms with Crippen LogP contribution in [0.3, 0.4) is 0 Å². The van der Waals surface area contributed by atoms with Crippen LogP contribution in [0.25, 0.3) is 0 Å². The summed E-state index contributed by atoms with van der Waals surface area (Å²) in [5.41, 5.74) is 4.85. The minimum Gasteiger partial charge on any atom is -0.368 e. The van der Waals surface area contributed by atoms with Gasteiger partial charge in [0.15, 0.2) is 0 Å². The summed E-state index contributed by atoms with van der Waals surface area (Å²) in [5.74, 6) is -0.451. The largest absolute Gasteiger partial charge is 0.416 e. The van der Waals surface area contributed by atoms with Crippen LogP contribution in [0.5, 0.6) is 0 Å². The molecule has 1 atom stereocenters. The molecule has 6 heteroatoms. The van der Waals surface area contributed by atoms with E-state index in [1.165, 1.54) is 6.07 Å². The summed E-state index contributed by atoms with van der Waals surface area (Å²) >= 11 is 0. The summed E-state index contributed by atoms with van der Waals surface area (Å²) in [6.45, 7) is 0.363. The first kappa shape index (κ1) is 14.1. The number of anilines is 1. The Kier molecular flexibility index (Phi) is 3.71. The number of rotatable bonds is 4. The van der Waals surface area contributed by atoms with Crippen molar-refractivity contribution in [3.05, 3.63) is 29.6 Å². The first-order chi connectivity index (χ1) is 8.84. The van der Waals surface area contributed by atoms with Crippen LogP contribution in [0.2, 0.25) is 0 Å². The Hall–Kier alpha value is -1.30. The number of nitrogens with two attached hydrogens (primary N) is 1. The first-order valence-electron chi connectivity index (χ1n) is 6.14. The Balaban J connectivity index is 2.25. The molecule has 0 saturated heterocycles. The standard InChI is InChI=1S/C13H16F4N2/c1-19(12(7-18)8-2-3-8)11-5-4-9(6-10(11)14)13(15,16)17/h4-6,8,12H,2-3,7,18H2,1H3. The molecule has 2 nitrogen and oxygen atoms in total. The smallest absolute Gasteiger partial charge is 0.368 e. The summed E-state index contributed by atoms with van der Waals surface area (Å²) in [5, 5.41) is 0. The van der Waals surface area contributed by atoms with Crippen molar-refractivity contribution in [1.29, 1.82) is 0 Å². The average Bonchev–Trinajstić information content (AvgIpc) is 3.13. The highest BCUT2D eigenvalue weighted by Crippen LogP contribution is 2.37. The van der Waals surface area contributed by atoms with Crippen LogP contribution in [-0.4, -0.2) is 19.6 Å². The highest BCUT2D eigenvalue weighted by molar-refractivity contribution is 5.50. The van der Waals surface area contributed by atoms with Crippen LogP contribution < -0.4 is 10.6 Å². The van der Waals surface area contributed by atoms with Gasteiger partial charge in [0, 0.05) is 19.6 Å². The van der Waals surface area contributed by atoms with Gasteiger partial charge in [-0.2, -0.15) is 13.2 Å². The lowest BCUT2D eigenvalue weighted by molar-refractivity contribution is -0.137. The molecule has 1 aliphatic rings. The molecule has 1 fully saturated rings. The van der Waals surface area contributed by atoms with Crippen LogP contribution in [0.1, 0.15) is 18.4 Å². The Morgan fingerprint density at radius 1 is 1.37 bits per heavy atom. The molecule has 106 valence electrons. The molecule has 0 amide bonds. The van der Waals surface area contributed by atoms with Crippen molar-refractivity contribution in [2.75, 3.05) is 18.5 Å². The molecule has 0 spiro atoms. The third kappa shape index (κ3) is 3.00. The van der Waals surface area contributed by atoms with E-state index >= 15 is 0 Å². The van der Waals surface area contributed by atoms with E-state index in [4.69, 9.17) is 5.73 Å². The number of hydrogen-bond donors (Lipinski definition) is 1. The monoisotopic (exact) mass is 276 g/mol. The summed E-state index contributed by atoms with van der Waals surface area (Å²) in [6, 6.07) is 2.58. The molecule has 0 aliphatic heterocycles. The second-order valence-corrected chi connectivity index (χ2v) is 4.92. The van der Waals surface area contributed by atoms with Crippen LogP contribution in [0.4, 0.5) is 23.2 Å². The van der Waals surface area contributed by atoms with Gasteiger partial charge in [-0.15, -0.1) is 0 Å². The SMILES string of the molecule is CN(c1ccc(C(F)(F)F)cc1F)C(CN)C1CC1. The molecule has 0 radical (unpaired) electrons. The summed E-state index contributed by atoms with van der Waals surface area (Å²) in [7, 11) is 1.67. The predicted octanol–water partition coefficient (Wildman–Crippen LogP) is 3.02. The number of benzene rings is 1. The number of likely N-dealkylation sites (N-methyl/N-ethyl adjacent to an activating group) is 1. The van der Waals surface area contributed by atoms with Gasteiger partial charge in [-0.05, 0) is 37.0 Å². The molecule has 2 N–H and O–H groups in total. The van der Waals surface area contributed by atoms with Crippen LogP contribution in [0, 0.1) is 11.7 Å². The van der Waals surface area contributed by atoms with Crippen molar-refractivity contribution in [1.82, 2.24) is 0 Å². The van der Waals surface area contributed by atoms with E-state index in [0.717, 1.165) is 18.9 Å². The predicted molar refractivity (Wildman–Crippen MR) is 65.4 cm³/mol. The second kappa shape index (κ2) is 5.00. The second-order valence-electron chi connectivity index (χ2n) is 4.92. The van der Waals surface area contributed by atoms with Crippen molar-refractivity contribution in [3.63, 3.8) is 0 Å². The van der Waals surface area contributed by atoms with Gasteiger partial charge in [-0.1, -0.05) is 0 Å². The van der Waals surface area contributed by atoms with E-state index in [9.17, 15) is 17.6 Å². The molecular weight excluding hydrogens is 260 g/mol. The molecule has 19 heavy (non-hydrogen) atoms. The number of hydrogen-bond acceptors (Lipinski definition) is 2. The molecule has 0 bridgehead atoms. The summed E-state index contributed by atoms with van der Waals surface area (Å²) in [6.07, 6.45) is -2.45. The molecule has 1 aromatic carbocycles. The lowest BCUT2D eigenvalue weighted by atomic mass is 10.1. The van der Waals surface area contributed by atoms with E-state index in [0.29, 0.717) is 18.5 Å². The Morgan fingerprint density at radius 3 is 2.42 bits per heavy atom. The zero-order valence-corrected chi connectivity index (χ0v) is 10.5. The van der Waals surface area contributed by atoms with Gasteiger partial charge < -0.3 is 10.6 Å². The van der Waals surface area contributed by atoms with Crippen LogP contribution in [0.15, 0.2) is 18.2 Å².